The van der Waals surface area contributed by atoms with E-state index in [9.17, 15) is 44.3 Å². The van der Waals surface area contributed by atoms with Crippen LogP contribution in [0.25, 0.3) is 0 Å². The summed E-state index contributed by atoms with van der Waals surface area (Å²) in [5.41, 5.74) is -5.29. The number of benzene rings is 3. The first-order chi connectivity index (χ1) is 19.7. The quantitative estimate of drug-likeness (QED) is 0.130. The number of carbonyl (C=O) groups is 1. The Labute approximate surface area is 236 Å². The third kappa shape index (κ3) is 6.30. The number of nitrogens with one attached hydrogen (secondary N) is 1. The van der Waals surface area contributed by atoms with Gasteiger partial charge in [-0.2, -0.15) is 13.2 Å². The minimum atomic E-state index is -5.02. The number of amides is 1. The summed E-state index contributed by atoms with van der Waals surface area (Å²) in [7, 11) is 0. The zero-order chi connectivity index (χ0) is 30.8. The number of pyridine rings is 1. The fraction of sp³-hybridized carbons (Fsp3) is 0.143. The van der Waals surface area contributed by atoms with E-state index in [0.717, 1.165) is 6.20 Å². The van der Waals surface area contributed by atoms with Crippen molar-refractivity contribution >= 4 is 17.7 Å². The van der Waals surface area contributed by atoms with Crippen LogP contribution in [-0.2, 0) is 29.5 Å². The highest BCUT2D eigenvalue weighted by molar-refractivity contribution is 6.30. The number of carbonyl (C=O) groups excluding carboxylic acids is 1. The minimum absolute atomic E-state index is 0.0940. The Kier molecular flexibility index (Phi) is 8.71. The Bertz CT molecular complexity index is 1590. The van der Waals surface area contributed by atoms with Crippen LogP contribution >= 0.6 is 11.6 Å². The van der Waals surface area contributed by atoms with Gasteiger partial charge in [-0.05, 0) is 41.5 Å². The number of halogens is 10. The number of ether oxygens (including phenoxy) is 1. The van der Waals surface area contributed by atoms with Gasteiger partial charge in [0.1, 0.15) is 18.0 Å². The molecule has 14 heteroatoms. The first-order valence-corrected chi connectivity index (χ1v) is 12.1. The molecule has 0 spiro atoms. The van der Waals surface area contributed by atoms with Gasteiger partial charge in [0, 0.05) is 12.6 Å². The fourth-order valence-corrected chi connectivity index (χ4v) is 4.29. The average molecular weight is 619 g/mol. The van der Waals surface area contributed by atoms with Gasteiger partial charge in [-0.15, -0.1) is 0 Å². The molecular weight excluding hydrogens is 603 g/mol. The third-order valence-electron chi connectivity index (χ3n) is 6.16. The largest absolute Gasteiger partial charge is 0.444 e. The molecule has 0 aliphatic rings. The molecule has 1 aromatic heterocycles. The van der Waals surface area contributed by atoms with E-state index in [1.807, 2.05) is 0 Å². The van der Waals surface area contributed by atoms with Gasteiger partial charge in [-0.1, -0.05) is 41.9 Å². The summed E-state index contributed by atoms with van der Waals surface area (Å²) in [6, 6.07) is 11.9. The summed E-state index contributed by atoms with van der Waals surface area (Å²) >= 11 is 5.93. The van der Waals surface area contributed by atoms with Crippen molar-refractivity contribution in [2.75, 3.05) is 0 Å². The van der Waals surface area contributed by atoms with Gasteiger partial charge in [-0.3, -0.25) is 4.98 Å². The number of hydrogen-bond acceptors (Lipinski definition) is 3. The topological polar surface area (TPSA) is 51.2 Å². The molecule has 0 saturated heterocycles. The SMILES string of the molecule is O=C(N[C@](Cc1ccccc1)(c1cc(F)cc(C(F)(F)F)c1)c1ccc(Cl)cn1)OCc1c(F)c(F)c(F)c(F)c1F. The van der Waals surface area contributed by atoms with Crippen molar-refractivity contribution in [1.29, 1.82) is 0 Å². The zero-order valence-electron chi connectivity index (χ0n) is 20.8. The van der Waals surface area contributed by atoms with Gasteiger partial charge in [0.15, 0.2) is 23.3 Å². The van der Waals surface area contributed by atoms with E-state index in [2.05, 4.69) is 10.3 Å². The second-order valence-corrected chi connectivity index (χ2v) is 9.34. The van der Waals surface area contributed by atoms with Crippen molar-refractivity contribution in [3.05, 3.63) is 135 Å². The molecule has 0 saturated carbocycles. The molecule has 1 amide bonds. The number of alkyl halides is 3. The maximum absolute atomic E-state index is 14.6. The van der Waals surface area contributed by atoms with Crippen LogP contribution in [-0.4, -0.2) is 11.1 Å². The maximum atomic E-state index is 14.6. The van der Waals surface area contributed by atoms with Crippen LogP contribution in [0.2, 0.25) is 5.02 Å². The van der Waals surface area contributed by atoms with Crippen LogP contribution in [0.1, 0.15) is 27.9 Å². The lowest BCUT2D eigenvalue weighted by Gasteiger charge is -2.35. The van der Waals surface area contributed by atoms with E-state index in [1.54, 1.807) is 18.2 Å². The van der Waals surface area contributed by atoms with Crippen molar-refractivity contribution in [3.63, 3.8) is 0 Å². The number of rotatable bonds is 7. The van der Waals surface area contributed by atoms with Crippen molar-refractivity contribution in [3.8, 4) is 0 Å². The fourth-order valence-electron chi connectivity index (χ4n) is 4.18. The standard InChI is InChI=1S/C28H16ClF9N2O2/c29-17-6-7-20(39-12-17)27(11-14-4-2-1-3-5-14,15-8-16(28(36,37)38)10-18(30)9-15)40-26(41)42-13-19-21(31)23(33)25(35)24(34)22(19)32/h1-10,12H,11,13H2,(H,40,41)/t27-/m1/s1. The first kappa shape index (κ1) is 30.7. The van der Waals surface area contributed by atoms with Gasteiger partial charge in [0.2, 0.25) is 5.82 Å². The van der Waals surface area contributed by atoms with E-state index in [4.69, 9.17) is 16.3 Å². The van der Waals surface area contributed by atoms with Crippen molar-refractivity contribution in [1.82, 2.24) is 10.3 Å². The summed E-state index contributed by atoms with van der Waals surface area (Å²) in [5, 5.41) is 2.37. The molecule has 0 aliphatic carbocycles. The molecule has 3 aromatic carbocycles. The molecule has 4 rings (SSSR count). The normalized spacial score (nSPS) is 13.0. The summed E-state index contributed by atoms with van der Waals surface area (Å²) in [6.07, 6.45) is -5.87. The number of hydrogen-bond donors (Lipinski definition) is 1. The zero-order valence-corrected chi connectivity index (χ0v) is 21.6. The van der Waals surface area contributed by atoms with Gasteiger partial charge >= 0.3 is 12.3 Å². The second-order valence-electron chi connectivity index (χ2n) is 8.91. The average Bonchev–Trinajstić information content (AvgIpc) is 2.95. The van der Waals surface area contributed by atoms with Crippen molar-refractivity contribution in [2.45, 2.75) is 24.7 Å². The molecule has 0 unspecified atom stereocenters. The summed E-state index contributed by atoms with van der Waals surface area (Å²) in [5.74, 6) is -12.8. The summed E-state index contributed by atoms with van der Waals surface area (Å²) in [6.45, 7) is -1.47. The molecule has 0 fully saturated rings. The Hall–Kier alpha value is -4.26. The van der Waals surface area contributed by atoms with E-state index in [-0.39, 0.29) is 23.2 Å². The van der Waals surface area contributed by atoms with Crippen molar-refractivity contribution < 1.29 is 49.0 Å². The number of alkyl carbamates (subject to hydrolysis) is 1. The molecule has 0 aliphatic heterocycles. The number of aromatic nitrogens is 1. The predicted molar refractivity (Wildman–Crippen MR) is 131 cm³/mol. The van der Waals surface area contributed by atoms with E-state index in [1.165, 1.54) is 24.3 Å². The van der Waals surface area contributed by atoms with Crippen LogP contribution in [0.15, 0.2) is 66.9 Å². The van der Waals surface area contributed by atoms with Crippen LogP contribution in [0, 0.1) is 34.9 Å². The van der Waals surface area contributed by atoms with Crippen LogP contribution in [0.4, 0.5) is 44.3 Å². The molecule has 0 bridgehead atoms. The lowest BCUT2D eigenvalue weighted by atomic mass is 9.80. The van der Waals surface area contributed by atoms with E-state index in [0.29, 0.717) is 17.7 Å². The monoisotopic (exact) mass is 618 g/mol. The Morgan fingerprint density at radius 2 is 1.40 bits per heavy atom. The first-order valence-electron chi connectivity index (χ1n) is 11.7. The highest BCUT2D eigenvalue weighted by Crippen LogP contribution is 2.38. The van der Waals surface area contributed by atoms with Crippen LogP contribution in [0.3, 0.4) is 0 Å². The molecule has 0 radical (unpaired) electrons. The molecule has 42 heavy (non-hydrogen) atoms. The Morgan fingerprint density at radius 1 is 0.810 bits per heavy atom. The Balaban J connectivity index is 1.85. The molecule has 1 N–H and O–H groups in total. The Morgan fingerprint density at radius 3 is 1.98 bits per heavy atom. The van der Waals surface area contributed by atoms with E-state index < -0.39 is 76.0 Å². The van der Waals surface area contributed by atoms with Gasteiger partial charge in [-0.25, -0.2) is 31.1 Å². The summed E-state index contributed by atoms with van der Waals surface area (Å²) < 4.78 is 129. The molecule has 1 atom stereocenters. The smallest absolute Gasteiger partial charge is 0.416 e. The lowest BCUT2D eigenvalue weighted by Crippen LogP contribution is -2.49. The van der Waals surface area contributed by atoms with Crippen molar-refractivity contribution in [2.24, 2.45) is 0 Å². The predicted octanol–water partition coefficient (Wildman–Crippen LogP) is 8.00. The second kappa shape index (κ2) is 11.9. The van der Waals surface area contributed by atoms with E-state index >= 15 is 0 Å². The van der Waals surface area contributed by atoms with Gasteiger partial charge in [0.25, 0.3) is 0 Å². The number of nitrogens with zero attached hydrogens (tertiary/aromatic N) is 1. The lowest BCUT2D eigenvalue weighted by molar-refractivity contribution is -0.137. The molecule has 4 aromatic rings. The van der Waals surface area contributed by atoms with Crippen LogP contribution in [0.5, 0.6) is 0 Å². The van der Waals surface area contributed by atoms with Gasteiger partial charge < -0.3 is 10.1 Å². The molecule has 220 valence electrons. The van der Waals surface area contributed by atoms with Gasteiger partial charge in [0.05, 0.1) is 21.8 Å². The molecule has 4 nitrogen and oxygen atoms in total. The highest BCUT2D eigenvalue weighted by Gasteiger charge is 2.41. The third-order valence-corrected chi connectivity index (χ3v) is 6.38. The highest BCUT2D eigenvalue weighted by atomic mass is 35.5. The van der Waals surface area contributed by atoms with Crippen LogP contribution < -0.4 is 5.32 Å². The molecular formula is C28H16ClF9N2O2. The minimum Gasteiger partial charge on any atom is -0.444 e. The maximum Gasteiger partial charge on any atom is 0.416 e. The molecule has 1 heterocycles. The summed E-state index contributed by atoms with van der Waals surface area (Å²) in [4.78, 5) is 17.2.